The molecule has 3 rings (SSSR count). The molecule has 0 N–H and O–H groups in total. The maximum atomic E-state index is 12.4. The summed E-state index contributed by atoms with van der Waals surface area (Å²) in [6.45, 7) is 2.35. The van der Waals surface area contributed by atoms with E-state index in [-0.39, 0.29) is 17.1 Å². The van der Waals surface area contributed by atoms with Crippen molar-refractivity contribution in [2.24, 2.45) is 0 Å². The number of allylic oxidation sites excluding steroid dienone is 1. The molecule has 0 saturated carbocycles. The Bertz CT molecular complexity index is 769. The van der Waals surface area contributed by atoms with E-state index in [9.17, 15) is 9.59 Å². The van der Waals surface area contributed by atoms with Crippen LogP contribution in [0.1, 0.15) is 33.2 Å². The minimum absolute atomic E-state index is 0.143. The molecule has 0 radical (unpaired) electrons. The number of hydrogen-bond donors (Lipinski definition) is 0. The molecule has 0 aromatic heterocycles. The van der Waals surface area contributed by atoms with Crippen molar-refractivity contribution in [3.05, 3.63) is 69.8 Å². The van der Waals surface area contributed by atoms with Crippen LogP contribution in [0.5, 0.6) is 5.75 Å². The van der Waals surface area contributed by atoms with Crippen molar-refractivity contribution >= 4 is 29.2 Å². The van der Waals surface area contributed by atoms with Crippen LogP contribution in [-0.4, -0.2) is 18.2 Å². The first-order valence-electron chi connectivity index (χ1n) is 6.94. The minimum atomic E-state index is -0.261. The van der Waals surface area contributed by atoms with Crippen molar-refractivity contribution in [3.8, 4) is 5.75 Å². The summed E-state index contributed by atoms with van der Waals surface area (Å²) in [7, 11) is 0. The first-order chi connectivity index (χ1) is 10.6. The van der Waals surface area contributed by atoms with E-state index < -0.39 is 0 Å². The van der Waals surface area contributed by atoms with Gasteiger partial charge in [-0.15, -0.1) is 0 Å². The van der Waals surface area contributed by atoms with Crippen molar-refractivity contribution < 1.29 is 14.3 Å². The standard InChI is InChI=1S/C18H13ClO3/c1-2-22-16-8-7-12(19)9-11(16)10-15-17(20)13-5-3-4-6-14(13)18(15)21/h3-10H,2H2,1H3. The van der Waals surface area contributed by atoms with Crippen molar-refractivity contribution in [2.75, 3.05) is 6.61 Å². The van der Waals surface area contributed by atoms with Crippen molar-refractivity contribution in [1.82, 2.24) is 0 Å². The van der Waals surface area contributed by atoms with Crippen LogP contribution >= 0.6 is 11.6 Å². The van der Waals surface area contributed by atoms with Gasteiger partial charge >= 0.3 is 0 Å². The summed E-state index contributed by atoms with van der Waals surface area (Å²) in [4.78, 5) is 24.8. The van der Waals surface area contributed by atoms with E-state index in [1.54, 1.807) is 48.5 Å². The Morgan fingerprint density at radius 1 is 1.05 bits per heavy atom. The lowest BCUT2D eigenvalue weighted by atomic mass is 10.1. The molecule has 2 aromatic carbocycles. The summed E-state index contributed by atoms with van der Waals surface area (Å²) in [6.07, 6.45) is 1.56. The van der Waals surface area contributed by atoms with Gasteiger partial charge in [-0.1, -0.05) is 35.9 Å². The predicted molar refractivity (Wildman–Crippen MR) is 85.7 cm³/mol. The molecule has 4 heteroatoms. The lowest BCUT2D eigenvalue weighted by Gasteiger charge is -2.08. The Morgan fingerprint density at radius 3 is 2.27 bits per heavy atom. The molecule has 0 bridgehead atoms. The molecule has 0 spiro atoms. The van der Waals surface area contributed by atoms with Gasteiger partial charge in [0.15, 0.2) is 11.6 Å². The zero-order valence-electron chi connectivity index (χ0n) is 11.9. The number of fused-ring (bicyclic) bond motifs is 1. The predicted octanol–water partition coefficient (Wildman–Crippen LogP) is 4.20. The highest BCUT2D eigenvalue weighted by Crippen LogP contribution is 2.31. The van der Waals surface area contributed by atoms with Gasteiger partial charge in [0, 0.05) is 21.7 Å². The van der Waals surface area contributed by atoms with Gasteiger partial charge in [0.25, 0.3) is 0 Å². The van der Waals surface area contributed by atoms with Gasteiger partial charge in [-0.3, -0.25) is 9.59 Å². The fraction of sp³-hybridized carbons (Fsp3) is 0.111. The Hall–Kier alpha value is -2.39. The monoisotopic (exact) mass is 312 g/mol. The fourth-order valence-electron chi connectivity index (χ4n) is 2.48. The molecule has 0 saturated heterocycles. The van der Waals surface area contributed by atoms with Crippen LogP contribution in [0.4, 0.5) is 0 Å². The number of Topliss-reactive ketones (excluding diaryl/α,β-unsaturated/α-hetero) is 2. The molecule has 1 aliphatic rings. The van der Waals surface area contributed by atoms with Gasteiger partial charge in [-0.25, -0.2) is 0 Å². The molecule has 2 aromatic rings. The van der Waals surface area contributed by atoms with E-state index >= 15 is 0 Å². The van der Waals surface area contributed by atoms with Crippen LogP contribution in [0.25, 0.3) is 6.08 Å². The normalized spacial score (nSPS) is 13.3. The molecule has 0 amide bonds. The van der Waals surface area contributed by atoms with E-state index in [2.05, 4.69) is 0 Å². The molecular formula is C18H13ClO3. The van der Waals surface area contributed by atoms with Gasteiger partial charge in [0.05, 0.1) is 12.2 Å². The Labute approximate surface area is 133 Å². The third kappa shape index (κ3) is 2.44. The summed E-state index contributed by atoms with van der Waals surface area (Å²) >= 11 is 6.01. The molecule has 0 heterocycles. The summed E-state index contributed by atoms with van der Waals surface area (Å²) in [5, 5.41) is 0.519. The van der Waals surface area contributed by atoms with Crippen LogP contribution in [0.3, 0.4) is 0 Å². The number of halogens is 1. The van der Waals surface area contributed by atoms with E-state index in [0.29, 0.717) is 34.1 Å². The Morgan fingerprint density at radius 2 is 1.68 bits per heavy atom. The van der Waals surface area contributed by atoms with Gasteiger partial charge < -0.3 is 4.74 Å². The third-order valence-corrected chi connectivity index (χ3v) is 3.71. The van der Waals surface area contributed by atoms with E-state index in [4.69, 9.17) is 16.3 Å². The number of rotatable bonds is 3. The SMILES string of the molecule is CCOc1ccc(Cl)cc1C=C1C(=O)c2ccccc2C1=O. The number of carbonyl (C=O) groups excluding carboxylic acids is 2. The largest absolute Gasteiger partial charge is 0.493 e. The topological polar surface area (TPSA) is 43.4 Å². The van der Waals surface area contributed by atoms with Gasteiger partial charge in [-0.05, 0) is 31.2 Å². The highest BCUT2D eigenvalue weighted by Gasteiger charge is 2.32. The third-order valence-electron chi connectivity index (χ3n) is 3.48. The smallest absolute Gasteiger partial charge is 0.197 e. The van der Waals surface area contributed by atoms with Crippen LogP contribution in [-0.2, 0) is 0 Å². The van der Waals surface area contributed by atoms with Crippen molar-refractivity contribution in [2.45, 2.75) is 6.92 Å². The zero-order chi connectivity index (χ0) is 15.7. The van der Waals surface area contributed by atoms with E-state index in [1.165, 1.54) is 0 Å². The summed E-state index contributed by atoms with van der Waals surface area (Å²) < 4.78 is 5.52. The van der Waals surface area contributed by atoms with E-state index in [0.717, 1.165) is 0 Å². The molecule has 0 atom stereocenters. The second-order valence-electron chi connectivity index (χ2n) is 4.88. The second kappa shape index (κ2) is 5.78. The van der Waals surface area contributed by atoms with Gasteiger partial charge in [0.2, 0.25) is 0 Å². The highest BCUT2D eigenvalue weighted by molar-refractivity contribution is 6.41. The molecule has 3 nitrogen and oxygen atoms in total. The van der Waals surface area contributed by atoms with Crippen LogP contribution in [0.2, 0.25) is 5.02 Å². The number of hydrogen-bond acceptors (Lipinski definition) is 3. The van der Waals surface area contributed by atoms with Crippen LogP contribution in [0, 0.1) is 0 Å². The zero-order valence-corrected chi connectivity index (χ0v) is 12.7. The summed E-state index contributed by atoms with van der Waals surface area (Å²) in [5.41, 5.74) is 1.65. The number of carbonyl (C=O) groups is 2. The molecule has 0 unspecified atom stereocenters. The van der Waals surface area contributed by atoms with Crippen molar-refractivity contribution in [3.63, 3.8) is 0 Å². The molecule has 1 aliphatic carbocycles. The first-order valence-corrected chi connectivity index (χ1v) is 7.32. The Balaban J connectivity index is 2.09. The lowest BCUT2D eigenvalue weighted by Crippen LogP contribution is -2.01. The quantitative estimate of drug-likeness (QED) is 0.630. The Kier molecular flexibility index (Phi) is 3.82. The molecule has 0 aliphatic heterocycles. The second-order valence-corrected chi connectivity index (χ2v) is 5.31. The van der Waals surface area contributed by atoms with E-state index in [1.807, 2.05) is 6.92 Å². The molecular weight excluding hydrogens is 300 g/mol. The minimum Gasteiger partial charge on any atom is -0.493 e. The average molecular weight is 313 g/mol. The molecule has 110 valence electrons. The fourth-order valence-corrected chi connectivity index (χ4v) is 2.66. The summed E-state index contributed by atoms with van der Waals surface area (Å²) in [5.74, 6) is 0.0713. The molecule has 22 heavy (non-hydrogen) atoms. The summed E-state index contributed by atoms with van der Waals surface area (Å²) in [6, 6.07) is 11.9. The number of ketones is 2. The first kappa shape index (κ1) is 14.5. The number of benzene rings is 2. The van der Waals surface area contributed by atoms with Crippen LogP contribution in [0.15, 0.2) is 48.0 Å². The maximum absolute atomic E-state index is 12.4. The van der Waals surface area contributed by atoms with Gasteiger partial charge in [-0.2, -0.15) is 0 Å². The van der Waals surface area contributed by atoms with Crippen LogP contribution < -0.4 is 4.74 Å². The maximum Gasteiger partial charge on any atom is 0.197 e. The number of ether oxygens (including phenoxy) is 1. The lowest BCUT2D eigenvalue weighted by molar-refractivity contribution is 0.0990. The van der Waals surface area contributed by atoms with Crippen molar-refractivity contribution in [1.29, 1.82) is 0 Å². The molecule has 0 fully saturated rings. The van der Waals surface area contributed by atoms with Gasteiger partial charge in [0.1, 0.15) is 5.75 Å². The highest BCUT2D eigenvalue weighted by atomic mass is 35.5. The average Bonchev–Trinajstić information content (AvgIpc) is 2.76.